The van der Waals surface area contributed by atoms with E-state index in [0.29, 0.717) is 0 Å². The number of carbonyl (C=O) groups is 2. The van der Waals surface area contributed by atoms with E-state index in [1.54, 1.807) is 0 Å². The molecule has 0 saturated heterocycles. The van der Waals surface area contributed by atoms with Gasteiger partial charge < -0.3 is 10.0 Å². The molecule has 0 unspecified atom stereocenters. The van der Waals surface area contributed by atoms with Crippen LogP contribution in [0.4, 0.5) is 0 Å². The number of carbonyl (C=O) groups excluding carboxylic acids is 1. The first-order valence-electron chi connectivity index (χ1n) is 6.10. The number of hydrogen-bond donors (Lipinski definition) is 1. The molecule has 0 bridgehead atoms. The topological polar surface area (TPSA) is 83.4 Å². The molecular weight excluding hydrogens is 270 g/mol. The van der Waals surface area contributed by atoms with Gasteiger partial charge in [-0.1, -0.05) is 24.4 Å². The molecule has 1 heterocycles. The molecule has 1 aromatic heterocycles. The Hall–Kier alpha value is -1.69. The molecule has 1 amide bonds. The molecule has 1 aliphatic carbocycles. The Balaban J connectivity index is 2.18. The van der Waals surface area contributed by atoms with E-state index in [4.69, 9.17) is 16.7 Å². The number of hydrogen-bond acceptors (Lipinski definition) is 4. The van der Waals surface area contributed by atoms with Crippen molar-refractivity contribution in [3.8, 4) is 0 Å². The van der Waals surface area contributed by atoms with Crippen molar-refractivity contribution in [3.63, 3.8) is 0 Å². The van der Waals surface area contributed by atoms with Gasteiger partial charge in [0.05, 0.1) is 0 Å². The van der Waals surface area contributed by atoms with Crippen LogP contribution in [-0.4, -0.2) is 44.7 Å². The van der Waals surface area contributed by atoms with Gasteiger partial charge in [-0.15, -0.1) is 10.2 Å². The van der Waals surface area contributed by atoms with E-state index < -0.39 is 11.9 Å². The normalized spacial score (nSPS) is 15.4. The number of amides is 1. The molecule has 0 spiro atoms. The number of rotatable bonds is 4. The minimum absolute atomic E-state index is 0.0268. The number of carboxylic acid groups (broad SMARTS) is 1. The monoisotopic (exact) mass is 283 g/mol. The zero-order valence-corrected chi connectivity index (χ0v) is 11.0. The van der Waals surface area contributed by atoms with E-state index in [2.05, 4.69) is 10.2 Å². The highest BCUT2D eigenvalue weighted by Crippen LogP contribution is 2.24. The fourth-order valence-corrected chi connectivity index (χ4v) is 2.41. The number of carboxylic acids is 1. The largest absolute Gasteiger partial charge is 0.480 e. The lowest BCUT2D eigenvalue weighted by atomic mass is 10.2. The van der Waals surface area contributed by atoms with Gasteiger partial charge >= 0.3 is 5.97 Å². The van der Waals surface area contributed by atoms with E-state index in [9.17, 15) is 9.59 Å². The van der Waals surface area contributed by atoms with Crippen LogP contribution in [-0.2, 0) is 4.79 Å². The molecule has 102 valence electrons. The first-order valence-corrected chi connectivity index (χ1v) is 6.47. The SMILES string of the molecule is O=C(O)CN(C(=O)c1ccc(Cl)nn1)C1CCCC1. The van der Waals surface area contributed by atoms with Gasteiger partial charge in [-0.25, -0.2) is 0 Å². The summed E-state index contributed by atoms with van der Waals surface area (Å²) >= 11 is 5.61. The zero-order valence-electron chi connectivity index (χ0n) is 10.3. The fourth-order valence-electron chi connectivity index (χ4n) is 2.31. The Kier molecular flexibility index (Phi) is 4.31. The average molecular weight is 284 g/mol. The van der Waals surface area contributed by atoms with Crippen LogP contribution in [0, 0.1) is 0 Å². The highest BCUT2D eigenvalue weighted by Gasteiger charge is 2.29. The molecule has 0 aliphatic heterocycles. The Labute approximate surface area is 115 Å². The van der Waals surface area contributed by atoms with Gasteiger partial charge in [0.15, 0.2) is 10.8 Å². The van der Waals surface area contributed by atoms with Crippen molar-refractivity contribution in [2.45, 2.75) is 31.7 Å². The second kappa shape index (κ2) is 5.97. The molecule has 0 aromatic carbocycles. The third-order valence-corrected chi connectivity index (χ3v) is 3.38. The van der Waals surface area contributed by atoms with Gasteiger partial charge in [0, 0.05) is 6.04 Å². The van der Waals surface area contributed by atoms with Crippen molar-refractivity contribution >= 4 is 23.5 Å². The molecule has 1 aliphatic rings. The second-order valence-electron chi connectivity index (χ2n) is 4.51. The molecule has 1 N–H and O–H groups in total. The van der Waals surface area contributed by atoms with Crippen LogP contribution >= 0.6 is 11.6 Å². The molecule has 7 heteroatoms. The van der Waals surface area contributed by atoms with Crippen LogP contribution in [0.5, 0.6) is 0 Å². The van der Waals surface area contributed by atoms with Gasteiger partial charge in [0.1, 0.15) is 6.54 Å². The molecule has 0 atom stereocenters. The summed E-state index contributed by atoms with van der Waals surface area (Å²) in [7, 11) is 0. The molecule has 1 aromatic rings. The molecular formula is C12H14ClN3O3. The minimum atomic E-state index is -1.03. The van der Waals surface area contributed by atoms with Crippen LogP contribution in [0.15, 0.2) is 12.1 Å². The number of aliphatic carboxylic acids is 1. The van der Waals surface area contributed by atoms with Gasteiger partial charge in [-0.2, -0.15) is 0 Å². The van der Waals surface area contributed by atoms with Crippen LogP contribution in [0.25, 0.3) is 0 Å². The number of halogens is 1. The standard InChI is InChI=1S/C12H14ClN3O3/c13-10-6-5-9(14-15-10)12(19)16(7-11(17)18)8-3-1-2-4-8/h5-6,8H,1-4,7H2,(H,17,18). The van der Waals surface area contributed by atoms with Crippen LogP contribution < -0.4 is 0 Å². The summed E-state index contributed by atoms with van der Waals surface area (Å²) in [5.74, 6) is -1.43. The summed E-state index contributed by atoms with van der Waals surface area (Å²) in [5, 5.41) is 16.5. The summed E-state index contributed by atoms with van der Waals surface area (Å²) < 4.78 is 0. The zero-order chi connectivity index (χ0) is 13.8. The van der Waals surface area contributed by atoms with Gasteiger partial charge in [0.25, 0.3) is 5.91 Å². The van der Waals surface area contributed by atoms with Crippen molar-refractivity contribution in [1.82, 2.24) is 15.1 Å². The second-order valence-corrected chi connectivity index (χ2v) is 4.89. The van der Waals surface area contributed by atoms with Crippen molar-refractivity contribution in [1.29, 1.82) is 0 Å². The van der Waals surface area contributed by atoms with Crippen LogP contribution in [0.2, 0.25) is 5.15 Å². The predicted molar refractivity (Wildman–Crippen MR) is 68.0 cm³/mol. The number of nitrogens with zero attached hydrogens (tertiary/aromatic N) is 3. The lowest BCUT2D eigenvalue weighted by Crippen LogP contribution is -2.42. The van der Waals surface area contributed by atoms with Crippen molar-refractivity contribution in [2.75, 3.05) is 6.54 Å². The van der Waals surface area contributed by atoms with E-state index >= 15 is 0 Å². The van der Waals surface area contributed by atoms with Crippen LogP contribution in [0.3, 0.4) is 0 Å². The average Bonchev–Trinajstić information content (AvgIpc) is 2.89. The Morgan fingerprint density at radius 2 is 2.00 bits per heavy atom. The minimum Gasteiger partial charge on any atom is -0.480 e. The predicted octanol–water partition coefficient (Wildman–Crippen LogP) is 1.60. The maximum absolute atomic E-state index is 12.3. The van der Waals surface area contributed by atoms with Crippen molar-refractivity contribution < 1.29 is 14.7 Å². The van der Waals surface area contributed by atoms with Crippen molar-refractivity contribution in [3.05, 3.63) is 23.0 Å². The quantitative estimate of drug-likeness (QED) is 0.907. The summed E-state index contributed by atoms with van der Waals surface area (Å²) in [6, 6.07) is 2.90. The Bertz CT molecular complexity index is 472. The third-order valence-electron chi connectivity index (χ3n) is 3.18. The van der Waals surface area contributed by atoms with Gasteiger partial charge in [-0.3, -0.25) is 9.59 Å². The summed E-state index contributed by atoms with van der Waals surface area (Å²) in [4.78, 5) is 24.6. The highest BCUT2D eigenvalue weighted by atomic mass is 35.5. The summed E-state index contributed by atoms with van der Waals surface area (Å²) in [6.45, 7) is -0.312. The highest BCUT2D eigenvalue weighted by molar-refractivity contribution is 6.29. The maximum Gasteiger partial charge on any atom is 0.323 e. The first kappa shape index (κ1) is 13.7. The molecule has 1 fully saturated rings. The fraction of sp³-hybridized carbons (Fsp3) is 0.500. The van der Waals surface area contributed by atoms with Gasteiger partial charge in [-0.05, 0) is 25.0 Å². The van der Waals surface area contributed by atoms with E-state index in [1.165, 1.54) is 17.0 Å². The Morgan fingerprint density at radius 3 is 2.53 bits per heavy atom. The molecule has 6 nitrogen and oxygen atoms in total. The van der Waals surface area contributed by atoms with Crippen LogP contribution in [0.1, 0.15) is 36.2 Å². The third kappa shape index (κ3) is 3.41. The smallest absolute Gasteiger partial charge is 0.323 e. The van der Waals surface area contributed by atoms with E-state index in [-0.39, 0.29) is 23.4 Å². The lowest BCUT2D eigenvalue weighted by Gasteiger charge is -2.26. The van der Waals surface area contributed by atoms with E-state index in [1.807, 2.05) is 0 Å². The van der Waals surface area contributed by atoms with E-state index in [0.717, 1.165) is 25.7 Å². The Morgan fingerprint density at radius 1 is 1.32 bits per heavy atom. The number of aromatic nitrogens is 2. The molecule has 1 saturated carbocycles. The summed E-state index contributed by atoms with van der Waals surface area (Å²) in [6.07, 6.45) is 3.70. The summed E-state index contributed by atoms with van der Waals surface area (Å²) in [5.41, 5.74) is 0.123. The molecule has 19 heavy (non-hydrogen) atoms. The molecule has 2 rings (SSSR count). The molecule has 0 radical (unpaired) electrons. The van der Waals surface area contributed by atoms with Crippen molar-refractivity contribution in [2.24, 2.45) is 0 Å². The lowest BCUT2D eigenvalue weighted by molar-refractivity contribution is -0.138. The van der Waals surface area contributed by atoms with Gasteiger partial charge in [0.2, 0.25) is 0 Å². The maximum atomic E-state index is 12.3. The first-order chi connectivity index (χ1) is 9.08.